The van der Waals surface area contributed by atoms with Crippen molar-refractivity contribution in [2.75, 3.05) is 19.8 Å². The van der Waals surface area contributed by atoms with Gasteiger partial charge in [-0.2, -0.15) is 0 Å². The number of ether oxygens (including phenoxy) is 1. The molecule has 0 aromatic heterocycles. The molecular weight excluding hydrogens is 509 g/mol. The molecule has 3 aliphatic rings. The molecule has 0 aliphatic heterocycles. The normalized spacial score (nSPS) is 24.2. The van der Waals surface area contributed by atoms with Crippen LogP contribution < -0.4 is 10.4 Å². The minimum atomic E-state index is -4.10. The molecule has 3 saturated carbocycles. The van der Waals surface area contributed by atoms with Crippen molar-refractivity contribution in [1.29, 1.82) is 0 Å². The van der Waals surface area contributed by atoms with Gasteiger partial charge in [-0.15, -0.1) is 0 Å². The molecule has 220 valence electrons. The maximum absolute atomic E-state index is 12.9. The Labute approximate surface area is 228 Å². The van der Waals surface area contributed by atoms with Gasteiger partial charge in [0.15, 0.2) is 0 Å². The monoisotopic (exact) mass is 559 g/mol. The third kappa shape index (κ3) is 9.42. The number of quaternary nitrogens is 1. The van der Waals surface area contributed by atoms with Gasteiger partial charge in [-0.1, -0.05) is 19.3 Å². The quantitative estimate of drug-likeness (QED) is 0.217. The smallest absolute Gasteiger partial charge is 0.339 e. The summed E-state index contributed by atoms with van der Waals surface area (Å²) in [6.45, 7) is 4.66. The van der Waals surface area contributed by atoms with Crippen LogP contribution in [0.5, 0.6) is 0 Å². The maximum atomic E-state index is 12.9. The lowest BCUT2D eigenvalue weighted by molar-refractivity contribution is -0.725. The minimum Gasteiger partial charge on any atom is -0.549 e. The van der Waals surface area contributed by atoms with Crippen LogP contribution in [0, 0.1) is 5.41 Å². The standard InChI is InChI=1S/C16H27O8P.C12H23N/c1-4-22-15(20)16(10-8-7-9-13(16)17)11-12(14(18)19)25(21,23-5-2)24-6-3;1-3-7-11(8-4-1)13-12-9-5-2-6-10-12/h12H,4-11H2,1-3H3,(H,18,19);11-13H,1-10H2. The Bertz CT molecular complexity index is 768. The average Bonchev–Trinajstić information content (AvgIpc) is 2.90. The molecule has 0 saturated heterocycles. The van der Waals surface area contributed by atoms with E-state index in [4.69, 9.17) is 13.8 Å². The molecule has 0 bridgehead atoms. The van der Waals surface area contributed by atoms with Crippen molar-refractivity contribution in [3.8, 4) is 0 Å². The van der Waals surface area contributed by atoms with Crippen molar-refractivity contribution in [1.82, 2.24) is 0 Å². The number of carbonyl (C=O) groups excluding carboxylic acids is 3. The van der Waals surface area contributed by atoms with Gasteiger partial charge < -0.3 is 29.0 Å². The van der Waals surface area contributed by atoms with Crippen LogP contribution in [0.4, 0.5) is 0 Å². The Balaban J connectivity index is 0.000000323. The fourth-order valence-electron chi connectivity index (χ4n) is 6.14. The summed E-state index contributed by atoms with van der Waals surface area (Å²) in [5.41, 5.74) is -3.37. The number of ketones is 1. The highest BCUT2D eigenvalue weighted by molar-refractivity contribution is 7.55. The highest BCUT2D eigenvalue weighted by Crippen LogP contribution is 2.57. The van der Waals surface area contributed by atoms with Crippen LogP contribution in [0.1, 0.15) is 117 Å². The van der Waals surface area contributed by atoms with Gasteiger partial charge in [0.2, 0.25) is 0 Å². The zero-order valence-electron chi connectivity index (χ0n) is 23.8. The molecule has 38 heavy (non-hydrogen) atoms. The van der Waals surface area contributed by atoms with Crippen molar-refractivity contribution in [2.24, 2.45) is 5.41 Å². The zero-order chi connectivity index (χ0) is 28.0. The van der Waals surface area contributed by atoms with Gasteiger partial charge in [0.05, 0.1) is 37.9 Å². The molecule has 0 radical (unpaired) electrons. The topological polar surface area (TPSA) is 136 Å². The number of esters is 1. The number of hydrogen-bond donors (Lipinski definition) is 1. The molecule has 0 aromatic rings. The number of hydrogen-bond acceptors (Lipinski definition) is 8. The first kappa shape index (κ1) is 32.9. The van der Waals surface area contributed by atoms with Gasteiger partial charge >= 0.3 is 13.6 Å². The van der Waals surface area contributed by atoms with E-state index in [1.807, 2.05) is 0 Å². The van der Waals surface area contributed by atoms with Crippen LogP contribution in [0.3, 0.4) is 0 Å². The van der Waals surface area contributed by atoms with Gasteiger partial charge in [0.1, 0.15) is 16.9 Å². The van der Waals surface area contributed by atoms with E-state index in [2.05, 4.69) is 5.32 Å². The molecule has 0 aromatic carbocycles. The lowest BCUT2D eigenvalue weighted by Crippen LogP contribution is -2.95. The Morgan fingerprint density at radius 2 is 1.42 bits per heavy atom. The molecule has 3 aliphatic carbocycles. The molecule has 3 rings (SSSR count). The maximum Gasteiger partial charge on any atom is 0.339 e. The van der Waals surface area contributed by atoms with E-state index < -0.39 is 42.8 Å². The Hall–Kier alpha value is -1.28. The zero-order valence-corrected chi connectivity index (χ0v) is 24.6. The van der Waals surface area contributed by atoms with E-state index in [1.54, 1.807) is 20.8 Å². The average molecular weight is 560 g/mol. The predicted molar refractivity (Wildman–Crippen MR) is 142 cm³/mol. The van der Waals surface area contributed by atoms with E-state index >= 15 is 0 Å². The molecular formula is C28H50NO8P. The molecule has 0 heterocycles. The van der Waals surface area contributed by atoms with Crippen LogP contribution in [0.15, 0.2) is 0 Å². The third-order valence-corrected chi connectivity index (χ3v) is 10.5. The van der Waals surface area contributed by atoms with E-state index in [-0.39, 0.29) is 32.7 Å². The van der Waals surface area contributed by atoms with Gasteiger partial charge in [0.25, 0.3) is 0 Å². The second kappa shape index (κ2) is 16.7. The van der Waals surface area contributed by atoms with Crippen LogP contribution in [0.2, 0.25) is 0 Å². The number of carboxylic acids is 1. The van der Waals surface area contributed by atoms with Gasteiger partial charge in [-0.25, -0.2) is 0 Å². The van der Waals surface area contributed by atoms with Crippen LogP contribution in [0.25, 0.3) is 0 Å². The van der Waals surface area contributed by atoms with E-state index in [9.17, 15) is 24.1 Å². The first-order valence-corrected chi connectivity index (χ1v) is 16.5. The molecule has 3 fully saturated rings. The minimum absolute atomic E-state index is 0.0403. The largest absolute Gasteiger partial charge is 0.549 e. The van der Waals surface area contributed by atoms with Gasteiger partial charge in [0, 0.05) is 6.42 Å². The number of rotatable bonds is 12. The summed E-state index contributed by atoms with van der Waals surface area (Å²) in [5.74, 6) is -2.86. The fourth-order valence-corrected chi connectivity index (χ4v) is 8.09. The highest BCUT2D eigenvalue weighted by atomic mass is 31.2. The van der Waals surface area contributed by atoms with Crippen molar-refractivity contribution >= 4 is 25.3 Å². The molecule has 10 heteroatoms. The summed E-state index contributed by atoms with van der Waals surface area (Å²) in [6, 6.07) is 1.99. The third-order valence-electron chi connectivity index (χ3n) is 8.12. The van der Waals surface area contributed by atoms with Crippen LogP contribution in [-0.4, -0.2) is 55.3 Å². The summed E-state index contributed by atoms with van der Waals surface area (Å²) in [5, 5.41) is 14.4. The molecule has 0 amide bonds. The Kier molecular flexibility index (Phi) is 14.5. The summed E-state index contributed by atoms with van der Waals surface area (Å²) in [4.78, 5) is 36.7. The van der Waals surface area contributed by atoms with Gasteiger partial charge in [-0.3, -0.25) is 14.2 Å². The lowest BCUT2D eigenvalue weighted by atomic mass is 9.70. The Morgan fingerprint density at radius 1 is 0.895 bits per heavy atom. The molecule has 9 nitrogen and oxygen atoms in total. The van der Waals surface area contributed by atoms with Crippen molar-refractivity contribution < 1.29 is 43.2 Å². The molecule has 2 unspecified atom stereocenters. The second-order valence-corrected chi connectivity index (χ2v) is 13.1. The van der Waals surface area contributed by atoms with Crippen molar-refractivity contribution in [3.63, 3.8) is 0 Å². The summed E-state index contributed by atoms with van der Waals surface area (Å²) < 4.78 is 28.2. The van der Waals surface area contributed by atoms with Crippen LogP contribution >= 0.6 is 7.60 Å². The summed E-state index contributed by atoms with van der Waals surface area (Å²) in [7, 11) is -4.10. The molecule has 0 spiro atoms. The second-order valence-electron chi connectivity index (χ2n) is 10.8. The fraction of sp³-hybridized carbons (Fsp3) is 0.893. The Morgan fingerprint density at radius 3 is 1.84 bits per heavy atom. The summed E-state index contributed by atoms with van der Waals surface area (Å²) in [6.07, 6.45) is 15.9. The number of nitrogens with two attached hydrogens (primary N) is 1. The first-order chi connectivity index (χ1) is 18.2. The predicted octanol–water partition coefficient (Wildman–Crippen LogP) is 3.67. The molecule has 2 N–H and O–H groups in total. The number of carboxylic acid groups (broad SMARTS) is 1. The molecule has 2 atom stereocenters. The van der Waals surface area contributed by atoms with Crippen molar-refractivity contribution in [2.45, 2.75) is 135 Å². The van der Waals surface area contributed by atoms with E-state index in [1.165, 1.54) is 64.2 Å². The van der Waals surface area contributed by atoms with E-state index in [0.29, 0.717) is 12.8 Å². The first-order valence-electron chi connectivity index (χ1n) is 14.9. The lowest BCUT2D eigenvalue weighted by Gasteiger charge is -2.37. The van der Waals surface area contributed by atoms with Gasteiger partial charge in [-0.05, 0) is 91.4 Å². The number of carbonyl (C=O) groups is 3. The summed E-state index contributed by atoms with van der Waals surface area (Å²) >= 11 is 0. The van der Waals surface area contributed by atoms with E-state index in [0.717, 1.165) is 12.1 Å². The number of aliphatic carboxylic acids is 1. The SMILES string of the molecule is C1CCC([NH2+]C2CCCCC2)CC1.CCOC(=O)C1(CC(C(=O)[O-])P(=O)(OCC)OCC)CCCCC1=O. The highest BCUT2D eigenvalue weighted by Gasteiger charge is 2.53. The number of Topliss-reactive ketones (excluding diaryl/α,β-unsaturated/α-hetero) is 1. The van der Waals surface area contributed by atoms with Crippen molar-refractivity contribution in [3.05, 3.63) is 0 Å². The van der Waals surface area contributed by atoms with Crippen LogP contribution in [-0.2, 0) is 32.7 Å².